The van der Waals surface area contributed by atoms with E-state index >= 15 is 0 Å². The van der Waals surface area contributed by atoms with Gasteiger partial charge in [0.05, 0.1) is 6.33 Å². The van der Waals surface area contributed by atoms with Crippen molar-refractivity contribution >= 4 is 5.91 Å². The van der Waals surface area contributed by atoms with Crippen molar-refractivity contribution in [2.75, 3.05) is 0 Å². The van der Waals surface area contributed by atoms with Gasteiger partial charge in [-0.2, -0.15) is 4.80 Å². The highest BCUT2D eigenvalue weighted by atomic mass is 16.2. The molecular weight excluding hydrogens is 354 g/mol. The molecule has 0 spiro atoms. The van der Waals surface area contributed by atoms with Gasteiger partial charge in [0.1, 0.15) is 6.54 Å². The van der Waals surface area contributed by atoms with Crippen molar-refractivity contribution in [2.24, 2.45) is 0 Å². The first-order valence-electron chi connectivity index (χ1n) is 8.90. The van der Waals surface area contributed by atoms with Gasteiger partial charge >= 0.3 is 0 Å². The van der Waals surface area contributed by atoms with Crippen molar-refractivity contribution in [3.8, 4) is 11.4 Å². The molecular formula is C20H19N7O. The van der Waals surface area contributed by atoms with Gasteiger partial charge in [-0.05, 0) is 16.3 Å². The summed E-state index contributed by atoms with van der Waals surface area (Å²) < 4.78 is 2.01. The Balaban J connectivity index is 1.28. The van der Waals surface area contributed by atoms with Crippen molar-refractivity contribution in [1.29, 1.82) is 0 Å². The van der Waals surface area contributed by atoms with Gasteiger partial charge in [0.15, 0.2) is 0 Å². The molecule has 1 amide bonds. The summed E-state index contributed by atoms with van der Waals surface area (Å²) in [6.07, 6.45) is 5.47. The second kappa shape index (κ2) is 8.26. The number of carbonyl (C=O) groups excluding carboxylic acids is 1. The quantitative estimate of drug-likeness (QED) is 0.534. The lowest BCUT2D eigenvalue weighted by Gasteiger charge is -2.07. The molecule has 28 heavy (non-hydrogen) atoms. The Labute approximate surface area is 161 Å². The molecule has 0 atom stereocenters. The number of tetrazole rings is 1. The van der Waals surface area contributed by atoms with Crippen LogP contribution < -0.4 is 5.32 Å². The van der Waals surface area contributed by atoms with Gasteiger partial charge in [-0.3, -0.25) is 4.79 Å². The van der Waals surface area contributed by atoms with Crippen molar-refractivity contribution in [3.63, 3.8) is 0 Å². The highest BCUT2D eigenvalue weighted by Crippen LogP contribution is 2.11. The van der Waals surface area contributed by atoms with Crippen LogP contribution in [0.2, 0.25) is 0 Å². The van der Waals surface area contributed by atoms with Crippen molar-refractivity contribution in [2.45, 2.75) is 19.6 Å². The molecule has 0 aliphatic carbocycles. The summed E-state index contributed by atoms with van der Waals surface area (Å²) in [7, 11) is 0. The van der Waals surface area contributed by atoms with E-state index in [1.165, 1.54) is 10.4 Å². The van der Waals surface area contributed by atoms with Gasteiger partial charge in [-0.1, -0.05) is 54.6 Å². The smallest absolute Gasteiger partial charge is 0.243 e. The number of carbonyl (C=O) groups is 1. The summed E-state index contributed by atoms with van der Waals surface area (Å²) >= 11 is 0. The van der Waals surface area contributed by atoms with Gasteiger partial charge < -0.3 is 9.88 Å². The molecule has 0 aliphatic rings. The molecule has 0 unspecified atom stereocenters. The monoisotopic (exact) mass is 373 g/mol. The average Bonchev–Trinajstić information content (AvgIpc) is 3.40. The normalized spacial score (nSPS) is 10.7. The molecule has 0 bridgehead atoms. The maximum Gasteiger partial charge on any atom is 0.243 e. The lowest BCUT2D eigenvalue weighted by atomic mass is 10.1. The fraction of sp³-hybridized carbons (Fsp3) is 0.150. The number of nitrogens with zero attached hydrogens (tertiary/aromatic N) is 6. The van der Waals surface area contributed by atoms with Crippen LogP contribution in [0.15, 0.2) is 73.3 Å². The van der Waals surface area contributed by atoms with Gasteiger partial charge in [0.25, 0.3) is 0 Å². The van der Waals surface area contributed by atoms with Crippen LogP contribution in [0.4, 0.5) is 0 Å². The highest BCUT2D eigenvalue weighted by Gasteiger charge is 2.09. The fourth-order valence-corrected chi connectivity index (χ4v) is 2.75. The molecule has 2 aromatic carbocycles. The fourth-order valence-electron chi connectivity index (χ4n) is 2.75. The Hall–Kier alpha value is -3.81. The second-order valence-electron chi connectivity index (χ2n) is 6.34. The van der Waals surface area contributed by atoms with E-state index in [2.05, 4.69) is 25.7 Å². The number of rotatable bonds is 7. The summed E-state index contributed by atoms with van der Waals surface area (Å²) in [5, 5.41) is 15.1. The zero-order chi connectivity index (χ0) is 19.2. The van der Waals surface area contributed by atoms with Gasteiger partial charge in [-0.15, -0.1) is 10.2 Å². The van der Waals surface area contributed by atoms with Crippen molar-refractivity contribution in [1.82, 2.24) is 35.1 Å². The van der Waals surface area contributed by atoms with Crippen molar-refractivity contribution < 1.29 is 4.79 Å². The third kappa shape index (κ3) is 4.47. The highest BCUT2D eigenvalue weighted by molar-refractivity contribution is 5.75. The standard InChI is InChI=1S/C20H19N7O/c28-19(14-27-24-20(23-25-27)18-4-2-1-3-5-18)22-12-16-6-8-17(9-7-16)13-26-11-10-21-15-26/h1-11,15H,12-14H2,(H,22,28). The van der Waals surface area contributed by atoms with Crippen LogP contribution >= 0.6 is 0 Å². The van der Waals surface area contributed by atoms with E-state index in [-0.39, 0.29) is 12.5 Å². The van der Waals surface area contributed by atoms with Crippen molar-refractivity contribution in [3.05, 3.63) is 84.4 Å². The molecule has 0 saturated heterocycles. The molecule has 0 aliphatic heterocycles. The lowest BCUT2D eigenvalue weighted by molar-refractivity contribution is -0.122. The largest absolute Gasteiger partial charge is 0.350 e. The Bertz CT molecular complexity index is 1020. The summed E-state index contributed by atoms with van der Waals surface area (Å²) in [5.74, 6) is 0.335. The second-order valence-corrected chi connectivity index (χ2v) is 6.34. The summed E-state index contributed by atoms with van der Waals surface area (Å²) in [4.78, 5) is 17.5. The first-order chi connectivity index (χ1) is 13.8. The topological polar surface area (TPSA) is 90.5 Å². The van der Waals surface area contributed by atoms with Crippen LogP contribution in [0.3, 0.4) is 0 Å². The maximum absolute atomic E-state index is 12.2. The minimum absolute atomic E-state index is 0.0263. The molecule has 8 nitrogen and oxygen atoms in total. The number of amides is 1. The minimum Gasteiger partial charge on any atom is -0.350 e. The predicted molar refractivity (Wildman–Crippen MR) is 103 cm³/mol. The number of hydrogen-bond acceptors (Lipinski definition) is 5. The maximum atomic E-state index is 12.2. The Morgan fingerprint density at radius 3 is 2.54 bits per heavy atom. The van der Waals surface area contributed by atoms with E-state index in [0.717, 1.165) is 17.7 Å². The first kappa shape index (κ1) is 17.6. The molecule has 0 radical (unpaired) electrons. The molecule has 0 saturated carbocycles. The van der Waals surface area contributed by atoms with Crippen LogP contribution in [0.1, 0.15) is 11.1 Å². The van der Waals surface area contributed by atoms with Gasteiger partial charge in [0, 0.05) is 31.0 Å². The van der Waals surface area contributed by atoms with E-state index in [1.807, 2.05) is 65.4 Å². The van der Waals surface area contributed by atoms with Crippen LogP contribution in [0, 0.1) is 0 Å². The number of hydrogen-bond donors (Lipinski definition) is 1. The summed E-state index contributed by atoms with van der Waals surface area (Å²) in [5.41, 5.74) is 3.07. The average molecular weight is 373 g/mol. The first-order valence-corrected chi connectivity index (χ1v) is 8.90. The number of imidazole rings is 1. The molecule has 0 fully saturated rings. The minimum atomic E-state index is -0.167. The third-order valence-electron chi connectivity index (χ3n) is 4.21. The molecule has 2 heterocycles. The van der Waals surface area contributed by atoms with E-state index < -0.39 is 0 Å². The zero-order valence-electron chi connectivity index (χ0n) is 15.1. The molecule has 8 heteroatoms. The third-order valence-corrected chi connectivity index (χ3v) is 4.21. The molecule has 1 N–H and O–H groups in total. The SMILES string of the molecule is O=C(Cn1nnc(-c2ccccc2)n1)NCc1ccc(Cn2ccnc2)cc1. The zero-order valence-corrected chi connectivity index (χ0v) is 15.1. The van der Waals surface area contributed by atoms with E-state index in [4.69, 9.17) is 0 Å². The molecule has 4 aromatic rings. The number of benzene rings is 2. The Kier molecular flexibility index (Phi) is 5.19. The Morgan fingerprint density at radius 2 is 1.79 bits per heavy atom. The lowest BCUT2D eigenvalue weighted by Crippen LogP contribution is -2.28. The van der Waals surface area contributed by atoms with E-state index in [1.54, 1.807) is 12.5 Å². The summed E-state index contributed by atoms with van der Waals surface area (Å²) in [6.45, 7) is 1.25. The van der Waals surface area contributed by atoms with E-state index in [0.29, 0.717) is 12.4 Å². The number of nitrogens with one attached hydrogen (secondary N) is 1. The molecule has 140 valence electrons. The van der Waals surface area contributed by atoms with Crippen LogP contribution in [0.5, 0.6) is 0 Å². The van der Waals surface area contributed by atoms with Crippen LogP contribution in [-0.2, 0) is 24.4 Å². The van der Waals surface area contributed by atoms with Gasteiger partial charge in [-0.25, -0.2) is 4.98 Å². The Morgan fingerprint density at radius 1 is 1.00 bits per heavy atom. The van der Waals surface area contributed by atoms with Crippen LogP contribution in [-0.4, -0.2) is 35.7 Å². The predicted octanol–water partition coefficient (Wildman–Crippen LogP) is 1.90. The molecule has 2 aromatic heterocycles. The summed E-state index contributed by atoms with van der Waals surface area (Å²) in [6, 6.07) is 17.6. The molecule has 4 rings (SSSR count). The van der Waals surface area contributed by atoms with Gasteiger partial charge in [0.2, 0.25) is 11.7 Å². The van der Waals surface area contributed by atoms with Crippen LogP contribution in [0.25, 0.3) is 11.4 Å². The van der Waals surface area contributed by atoms with E-state index in [9.17, 15) is 4.79 Å². The number of aromatic nitrogens is 6.